The Balaban J connectivity index is 2.20. The topological polar surface area (TPSA) is 21.3 Å². The summed E-state index contributed by atoms with van der Waals surface area (Å²) in [6, 6.07) is 6.99. The molecule has 0 fully saturated rings. The van der Waals surface area contributed by atoms with Crippen molar-refractivity contribution in [1.29, 1.82) is 0 Å². The molecular formula is C15H23NOS. The second-order valence-corrected chi connectivity index (χ2v) is 6.06. The Hall–Kier alpha value is -0.670. The molecule has 100 valence electrons. The second-order valence-electron chi connectivity index (χ2n) is 4.71. The molecule has 3 heteroatoms. The van der Waals surface area contributed by atoms with Crippen molar-refractivity contribution in [2.45, 2.75) is 38.0 Å². The van der Waals surface area contributed by atoms with Gasteiger partial charge in [-0.2, -0.15) is 11.8 Å². The van der Waals surface area contributed by atoms with E-state index in [1.807, 2.05) is 0 Å². The Morgan fingerprint density at radius 2 is 2.22 bits per heavy atom. The molecule has 1 aliphatic carbocycles. The molecule has 2 rings (SSSR count). The van der Waals surface area contributed by atoms with Gasteiger partial charge in [-0.05, 0) is 48.4 Å². The fraction of sp³-hybridized carbons (Fsp3) is 0.600. The summed E-state index contributed by atoms with van der Waals surface area (Å²) < 4.78 is 5.35. The van der Waals surface area contributed by atoms with Crippen LogP contribution in [0.25, 0.3) is 0 Å². The zero-order valence-corrected chi connectivity index (χ0v) is 12.3. The van der Waals surface area contributed by atoms with Crippen molar-refractivity contribution >= 4 is 11.8 Å². The molecule has 0 heterocycles. The summed E-state index contributed by atoms with van der Waals surface area (Å²) in [4.78, 5) is 0. The van der Waals surface area contributed by atoms with Gasteiger partial charge >= 0.3 is 0 Å². The van der Waals surface area contributed by atoms with Crippen LogP contribution in [0.5, 0.6) is 5.75 Å². The van der Waals surface area contributed by atoms with Gasteiger partial charge in [0, 0.05) is 11.3 Å². The predicted octanol–water partition coefficient (Wildman–Crippen LogP) is 3.41. The summed E-state index contributed by atoms with van der Waals surface area (Å²) in [6.07, 6.45) is 2.43. The zero-order chi connectivity index (χ0) is 13.0. The van der Waals surface area contributed by atoms with E-state index in [1.165, 1.54) is 29.7 Å². The van der Waals surface area contributed by atoms with Gasteiger partial charge in [-0.15, -0.1) is 0 Å². The molecule has 0 saturated carbocycles. The summed E-state index contributed by atoms with van der Waals surface area (Å²) in [7, 11) is 1.74. The van der Waals surface area contributed by atoms with E-state index in [0.717, 1.165) is 12.3 Å². The minimum Gasteiger partial charge on any atom is -0.497 e. The van der Waals surface area contributed by atoms with Crippen molar-refractivity contribution in [3.05, 3.63) is 29.3 Å². The van der Waals surface area contributed by atoms with Gasteiger partial charge in [0.15, 0.2) is 0 Å². The van der Waals surface area contributed by atoms with E-state index in [0.29, 0.717) is 11.3 Å². The summed E-state index contributed by atoms with van der Waals surface area (Å²) >= 11 is 2.10. The summed E-state index contributed by atoms with van der Waals surface area (Å²) in [5.74, 6) is 2.22. The average Bonchev–Trinajstić information content (AvgIpc) is 2.74. The largest absolute Gasteiger partial charge is 0.497 e. The molecule has 0 radical (unpaired) electrons. The number of hydrogen-bond donors (Lipinski definition) is 1. The lowest BCUT2D eigenvalue weighted by molar-refractivity contribution is 0.413. The highest BCUT2D eigenvalue weighted by atomic mass is 32.2. The average molecular weight is 265 g/mol. The van der Waals surface area contributed by atoms with Crippen LogP contribution in [0.1, 0.15) is 37.4 Å². The molecule has 0 saturated heterocycles. The molecule has 1 aromatic carbocycles. The number of ether oxygens (including phenoxy) is 1. The maximum Gasteiger partial charge on any atom is 0.119 e. The molecule has 1 N–H and O–H groups in total. The van der Waals surface area contributed by atoms with Gasteiger partial charge in [-0.1, -0.05) is 19.9 Å². The lowest BCUT2D eigenvalue weighted by Gasteiger charge is -2.21. The van der Waals surface area contributed by atoms with Crippen LogP contribution in [0.2, 0.25) is 0 Å². The minimum atomic E-state index is 0.483. The van der Waals surface area contributed by atoms with Crippen molar-refractivity contribution < 1.29 is 4.74 Å². The van der Waals surface area contributed by atoms with Crippen LogP contribution in [0, 0.1) is 0 Å². The van der Waals surface area contributed by atoms with Gasteiger partial charge in [0.2, 0.25) is 0 Å². The Labute approximate surface area is 114 Å². The van der Waals surface area contributed by atoms with Gasteiger partial charge in [0.25, 0.3) is 0 Å². The molecule has 2 atom stereocenters. The lowest BCUT2D eigenvalue weighted by atomic mass is 10.1. The van der Waals surface area contributed by atoms with E-state index >= 15 is 0 Å². The second kappa shape index (κ2) is 6.48. The molecule has 1 aliphatic rings. The molecule has 0 bridgehead atoms. The van der Waals surface area contributed by atoms with Crippen LogP contribution in [0.15, 0.2) is 18.2 Å². The maximum atomic E-state index is 5.35. The predicted molar refractivity (Wildman–Crippen MR) is 79.7 cm³/mol. The normalized spacial score (nSPS) is 21.9. The number of benzene rings is 1. The molecule has 2 nitrogen and oxygen atoms in total. The van der Waals surface area contributed by atoms with Crippen LogP contribution >= 0.6 is 11.8 Å². The molecule has 0 aliphatic heterocycles. The van der Waals surface area contributed by atoms with Crippen LogP contribution in [0.4, 0.5) is 0 Å². The van der Waals surface area contributed by atoms with Gasteiger partial charge in [0.1, 0.15) is 5.75 Å². The van der Waals surface area contributed by atoms with Crippen LogP contribution in [-0.2, 0) is 6.42 Å². The van der Waals surface area contributed by atoms with Crippen molar-refractivity contribution in [1.82, 2.24) is 5.32 Å². The van der Waals surface area contributed by atoms with Crippen LogP contribution in [-0.4, -0.2) is 24.7 Å². The zero-order valence-electron chi connectivity index (χ0n) is 11.5. The number of hydrogen-bond acceptors (Lipinski definition) is 3. The summed E-state index contributed by atoms with van der Waals surface area (Å²) in [5, 5.41) is 4.31. The highest BCUT2D eigenvalue weighted by Crippen LogP contribution is 2.40. The lowest BCUT2D eigenvalue weighted by Crippen LogP contribution is -2.27. The smallest absolute Gasteiger partial charge is 0.119 e. The third kappa shape index (κ3) is 2.83. The molecule has 0 aromatic heterocycles. The highest BCUT2D eigenvalue weighted by molar-refractivity contribution is 7.99. The van der Waals surface area contributed by atoms with Crippen molar-refractivity contribution in [3.8, 4) is 5.75 Å². The Morgan fingerprint density at radius 3 is 2.89 bits per heavy atom. The third-order valence-electron chi connectivity index (χ3n) is 3.44. The van der Waals surface area contributed by atoms with E-state index in [1.54, 1.807) is 7.11 Å². The standard InChI is InChI=1S/C15H23NOS/c1-4-8-18-14-9-11-6-7-12(17-3)10-13(11)15(14)16-5-2/h6-7,10,14-16H,4-5,8-9H2,1-3H3. The first-order chi connectivity index (χ1) is 8.80. The van der Waals surface area contributed by atoms with Crippen molar-refractivity contribution in [2.75, 3.05) is 19.4 Å². The fourth-order valence-electron chi connectivity index (χ4n) is 2.60. The van der Waals surface area contributed by atoms with E-state index in [-0.39, 0.29) is 0 Å². The summed E-state index contributed by atoms with van der Waals surface area (Å²) in [6.45, 7) is 5.45. The van der Waals surface area contributed by atoms with Gasteiger partial charge in [0.05, 0.1) is 7.11 Å². The molecule has 0 spiro atoms. The first-order valence-electron chi connectivity index (χ1n) is 6.82. The van der Waals surface area contributed by atoms with E-state index in [4.69, 9.17) is 4.74 Å². The first-order valence-corrected chi connectivity index (χ1v) is 7.86. The molecule has 1 aromatic rings. The minimum absolute atomic E-state index is 0.483. The fourth-order valence-corrected chi connectivity index (χ4v) is 3.87. The molecule has 2 unspecified atom stereocenters. The highest BCUT2D eigenvalue weighted by Gasteiger charge is 2.32. The summed E-state index contributed by atoms with van der Waals surface area (Å²) in [5.41, 5.74) is 2.92. The Morgan fingerprint density at radius 1 is 1.39 bits per heavy atom. The maximum absolute atomic E-state index is 5.35. The number of methoxy groups -OCH3 is 1. The monoisotopic (exact) mass is 265 g/mol. The van der Waals surface area contributed by atoms with E-state index in [9.17, 15) is 0 Å². The number of rotatable bonds is 6. The van der Waals surface area contributed by atoms with Crippen LogP contribution in [0.3, 0.4) is 0 Å². The molecule has 18 heavy (non-hydrogen) atoms. The number of nitrogens with one attached hydrogen (secondary N) is 1. The van der Waals surface area contributed by atoms with Crippen LogP contribution < -0.4 is 10.1 Å². The molecular weight excluding hydrogens is 242 g/mol. The van der Waals surface area contributed by atoms with E-state index < -0.39 is 0 Å². The van der Waals surface area contributed by atoms with Crippen molar-refractivity contribution in [2.24, 2.45) is 0 Å². The van der Waals surface area contributed by atoms with Crippen molar-refractivity contribution in [3.63, 3.8) is 0 Å². The number of thioether (sulfide) groups is 1. The first kappa shape index (κ1) is 13.8. The molecule has 0 amide bonds. The quantitative estimate of drug-likeness (QED) is 0.851. The van der Waals surface area contributed by atoms with E-state index in [2.05, 4.69) is 49.1 Å². The third-order valence-corrected chi connectivity index (χ3v) is 4.95. The van der Waals surface area contributed by atoms with Gasteiger partial charge < -0.3 is 10.1 Å². The Kier molecular flexibility index (Phi) is 4.95. The SMILES string of the molecule is CCCSC1Cc2ccc(OC)cc2C1NCC. The van der Waals surface area contributed by atoms with Gasteiger partial charge in [-0.25, -0.2) is 0 Å². The Bertz CT molecular complexity index is 394. The van der Waals surface area contributed by atoms with Gasteiger partial charge in [-0.3, -0.25) is 0 Å². The number of fused-ring (bicyclic) bond motifs is 1.